The molecule has 0 fully saturated rings. The maximum atomic E-state index is 13.1. The molecule has 0 heterocycles. The van der Waals surface area contributed by atoms with Crippen LogP contribution in [-0.2, 0) is 10.2 Å². The Hall–Kier alpha value is -1.93. The van der Waals surface area contributed by atoms with Crippen molar-refractivity contribution in [2.75, 3.05) is 7.05 Å². The van der Waals surface area contributed by atoms with Crippen LogP contribution >= 0.6 is 0 Å². The molecule has 0 radical (unpaired) electrons. The van der Waals surface area contributed by atoms with E-state index in [4.69, 9.17) is 0 Å². The Morgan fingerprint density at radius 2 is 1.45 bits per heavy atom. The molecule has 2 nitrogen and oxygen atoms in total. The number of carbonyl (C=O) groups excluding carboxylic acids is 1. The summed E-state index contributed by atoms with van der Waals surface area (Å²) in [6.07, 6.45) is 1.28. The van der Waals surface area contributed by atoms with E-state index in [-0.39, 0.29) is 11.8 Å². The molecule has 0 aliphatic carbocycles. The van der Waals surface area contributed by atoms with Crippen molar-refractivity contribution < 1.29 is 4.79 Å². The van der Waals surface area contributed by atoms with Crippen LogP contribution in [0.1, 0.15) is 37.8 Å². The number of benzene rings is 2. The van der Waals surface area contributed by atoms with Crippen LogP contribution in [0.3, 0.4) is 0 Å². The second-order valence-corrected chi connectivity index (χ2v) is 5.81. The molecule has 2 rings (SSSR count). The van der Waals surface area contributed by atoms with Crippen molar-refractivity contribution in [1.29, 1.82) is 0 Å². The summed E-state index contributed by atoms with van der Waals surface area (Å²) in [5.41, 5.74) is 1.57. The number of nitrogens with one attached hydrogen (secondary N) is 1. The monoisotopic (exact) mass is 295 g/mol. The Kier molecular flexibility index (Phi) is 5.51. The van der Waals surface area contributed by atoms with Crippen molar-refractivity contribution in [3.8, 4) is 0 Å². The lowest BCUT2D eigenvalue weighted by atomic mass is 9.67. The molecule has 1 atom stereocenters. The molecule has 0 spiro atoms. The number of Topliss-reactive ketones (excluding diaryl/α,β-unsaturated/α-hetero) is 1. The van der Waals surface area contributed by atoms with Crippen LogP contribution in [0.25, 0.3) is 0 Å². The van der Waals surface area contributed by atoms with Crippen LogP contribution in [0.4, 0.5) is 0 Å². The molecule has 0 saturated heterocycles. The van der Waals surface area contributed by atoms with E-state index in [9.17, 15) is 4.79 Å². The molecule has 0 aliphatic rings. The molecule has 2 aromatic rings. The Morgan fingerprint density at radius 1 is 1.00 bits per heavy atom. The van der Waals surface area contributed by atoms with Gasteiger partial charge in [-0.25, -0.2) is 0 Å². The summed E-state index contributed by atoms with van der Waals surface area (Å²) in [7, 11) is 1.95. The zero-order chi connectivity index (χ0) is 16.0. The highest BCUT2D eigenvalue weighted by atomic mass is 16.1. The summed E-state index contributed by atoms with van der Waals surface area (Å²) >= 11 is 0. The first-order valence-corrected chi connectivity index (χ1v) is 7.96. The minimum atomic E-state index is -0.584. The average Bonchev–Trinajstić information content (AvgIpc) is 2.60. The normalized spacial score (nSPS) is 12.9. The molecule has 1 N–H and O–H groups in total. The molecular weight excluding hydrogens is 270 g/mol. The minimum Gasteiger partial charge on any atom is -0.317 e. The molecule has 0 amide bonds. The molecule has 116 valence electrons. The van der Waals surface area contributed by atoms with Gasteiger partial charge in [0.25, 0.3) is 0 Å². The van der Waals surface area contributed by atoms with Gasteiger partial charge in [0.1, 0.15) is 5.78 Å². The van der Waals surface area contributed by atoms with Crippen molar-refractivity contribution >= 4 is 5.78 Å². The number of ketones is 1. The predicted molar refractivity (Wildman–Crippen MR) is 92.1 cm³/mol. The lowest BCUT2D eigenvalue weighted by molar-refractivity contribution is -0.123. The minimum absolute atomic E-state index is 0.246. The molecule has 22 heavy (non-hydrogen) atoms. The lowest BCUT2D eigenvalue weighted by Crippen LogP contribution is -2.42. The lowest BCUT2D eigenvalue weighted by Gasteiger charge is -2.36. The van der Waals surface area contributed by atoms with E-state index < -0.39 is 5.41 Å². The van der Waals surface area contributed by atoms with E-state index in [1.54, 1.807) is 0 Å². The van der Waals surface area contributed by atoms with Crippen molar-refractivity contribution in [3.63, 3.8) is 0 Å². The number of rotatable bonds is 7. The van der Waals surface area contributed by atoms with Crippen LogP contribution in [0.5, 0.6) is 0 Å². The number of carbonyl (C=O) groups is 1. The molecule has 0 saturated carbocycles. The average molecular weight is 295 g/mol. The number of hydrogen-bond donors (Lipinski definition) is 1. The summed E-state index contributed by atoms with van der Waals surface area (Å²) in [6.45, 7) is 4.08. The molecule has 0 bridgehead atoms. The van der Waals surface area contributed by atoms with Gasteiger partial charge in [0.15, 0.2) is 0 Å². The number of hydrogen-bond acceptors (Lipinski definition) is 2. The summed E-state index contributed by atoms with van der Waals surface area (Å²) in [5, 5.41) is 3.29. The maximum absolute atomic E-state index is 13.1. The fourth-order valence-electron chi connectivity index (χ4n) is 3.15. The van der Waals surface area contributed by atoms with Crippen molar-refractivity contribution in [1.82, 2.24) is 5.32 Å². The third-order valence-electron chi connectivity index (χ3n) is 4.44. The maximum Gasteiger partial charge on any atom is 0.147 e. The van der Waals surface area contributed by atoms with E-state index in [2.05, 4.69) is 36.5 Å². The standard InChI is InChI=1S/C20H25NO/c1-4-19(22)20(15-16(2)21-3,17-11-7-5-8-12-17)18-13-9-6-10-14-18/h5-14,16,21H,4,15H2,1-3H3/t16-/m0/s1. The highest BCUT2D eigenvalue weighted by Gasteiger charge is 2.41. The fraction of sp³-hybridized carbons (Fsp3) is 0.350. The van der Waals surface area contributed by atoms with Gasteiger partial charge < -0.3 is 5.32 Å². The molecule has 0 aliphatic heterocycles. The third-order valence-corrected chi connectivity index (χ3v) is 4.44. The fourth-order valence-corrected chi connectivity index (χ4v) is 3.15. The molecule has 0 aromatic heterocycles. The highest BCUT2D eigenvalue weighted by molar-refractivity contribution is 5.93. The SMILES string of the molecule is CCC(=O)C(C[C@H](C)NC)(c1ccccc1)c1ccccc1. The van der Waals surface area contributed by atoms with Gasteiger partial charge in [-0.15, -0.1) is 0 Å². The van der Waals surface area contributed by atoms with Crippen molar-refractivity contribution in [3.05, 3.63) is 71.8 Å². The van der Waals surface area contributed by atoms with Crippen LogP contribution in [0.2, 0.25) is 0 Å². The Morgan fingerprint density at radius 3 is 1.82 bits per heavy atom. The Bertz CT molecular complexity index is 552. The van der Waals surface area contributed by atoms with Crippen LogP contribution < -0.4 is 5.32 Å². The summed E-state index contributed by atoms with van der Waals surface area (Å²) in [5.74, 6) is 0.270. The van der Waals surface area contributed by atoms with Gasteiger partial charge in [-0.3, -0.25) is 4.79 Å². The predicted octanol–water partition coefficient (Wildman–Crippen LogP) is 3.95. The van der Waals surface area contributed by atoms with Crippen LogP contribution in [-0.4, -0.2) is 18.9 Å². The zero-order valence-corrected chi connectivity index (χ0v) is 13.7. The second-order valence-electron chi connectivity index (χ2n) is 5.81. The molecule has 0 unspecified atom stereocenters. The van der Waals surface area contributed by atoms with Gasteiger partial charge in [0, 0.05) is 12.5 Å². The van der Waals surface area contributed by atoms with Crippen molar-refractivity contribution in [2.24, 2.45) is 0 Å². The quantitative estimate of drug-likeness (QED) is 0.838. The Balaban J connectivity index is 2.66. The smallest absolute Gasteiger partial charge is 0.147 e. The van der Waals surface area contributed by atoms with E-state index in [0.29, 0.717) is 6.42 Å². The van der Waals surface area contributed by atoms with Gasteiger partial charge in [-0.2, -0.15) is 0 Å². The Labute approximate surface area is 133 Å². The first kappa shape index (κ1) is 16.4. The molecule has 2 heteroatoms. The summed E-state index contributed by atoms with van der Waals surface area (Å²) < 4.78 is 0. The molecule has 2 aromatic carbocycles. The highest BCUT2D eigenvalue weighted by Crippen LogP contribution is 2.38. The van der Waals surface area contributed by atoms with Crippen LogP contribution in [0, 0.1) is 0 Å². The second kappa shape index (κ2) is 7.37. The van der Waals surface area contributed by atoms with E-state index in [1.807, 2.05) is 50.4 Å². The first-order chi connectivity index (χ1) is 10.6. The first-order valence-electron chi connectivity index (χ1n) is 7.96. The van der Waals surface area contributed by atoms with Gasteiger partial charge in [-0.05, 0) is 31.5 Å². The van der Waals surface area contributed by atoms with Crippen LogP contribution in [0.15, 0.2) is 60.7 Å². The topological polar surface area (TPSA) is 29.1 Å². The summed E-state index contributed by atoms with van der Waals surface area (Å²) in [6, 6.07) is 20.6. The van der Waals surface area contributed by atoms with E-state index in [0.717, 1.165) is 17.5 Å². The van der Waals surface area contributed by atoms with Gasteiger partial charge in [0.2, 0.25) is 0 Å². The van der Waals surface area contributed by atoms with Crippen molar-refractivity contribution in [2.45, 2.75) is 38.1 Å². The van der Waals surface area contributed by atoms with Gasteiger partial charge in [-0.1, -0.05) is 67.6 Å². The van der Waals surface area contributed by atoms with E-state index >= 15 is 0 Å². The van der Waals surface area contributed by atoms with Gasteiger partial charge in [0.05, 0.1) is 5.41 Å². The zero-order valence-electron chi connectivity index (χ0n) is 13.7. The largest absolute Gasteiger partial charge is 0.317 e. The summed E-state index contributed by atoms with van der Waals surface area (Å²) in [4.78, 5) is 13.1. The molecular formula is C20H25NO. The third kappa shape index (κ3) is 3.12. The van der Waals surface area contributed by atoms with Gasteiger partial charge >= 0.3 is 0 Å². The van der Waals surface area contributed by atoms with E-state index in [1.165, 1.54) is 0 Å².